The molecule has 3 heterocycles. The number of nitrogens with zero attached hydrogens (tertiary/aromatic N) is 3. The van der Waals surface area contributed by atoms with E-state index >= 15 is 0 Å². The normalized spacial score (nSPS) is 31.6. The lowest BCUT2D eigenvalue weighted by atomic mass is 9.76. The molecule has 4 atom stereocenters. The summed E-state index contributed by atoms with van der Waals surface area (Å²) in [6.07, 6.45) is 3.43. The van der Waals surface area contributed by atoms with Crippen molar-refractivity contribution in [3.63, 3.8) is 0 Å². The molecule has 22 heavy (non-hydrogen) atoms. The molecule has 0 radical (unpaired) electrons. The van der Waals surface area contributed by atoms with Gasteiger partial charge < -0.3 is 4.52 Å². The highest BCUT2D eigenvalue weighted by molar-refractivity contribution is 5.27. The van der Waals surface area contributed by atoms with Gasteiger partial charge in [0.1, 0.15) is 5.82 Å². The van der Waals surface area contributed by atoms with Gasteiger partial charge in [0.05, 0.1) is 5.92 Å². The minimum Gasteiger partial charge on any atom is -0.339 e. The van der Waals surface area contributed by atoms with E-state index < -0.39 is 0 Å². The molecule has 0 N–H and O–H groups in total. The molecule has 0 aliphatic carbocycles. The summed E-state index contributed by atoms with van der Waals surface area (Å²) < 4.78 is 18.8. The van der Waals surface area contributed by atoms with Gasteiger partial charge in [0.25, 0.3) is 0 Å². The van der Waals surface area contributed by atoms with Gasteiger partial charge in [0, 0.05) is 12.1 Å². The first kappa shape index (κ1) is 13.9. The van der Waals surface area contributed by atoms with Crippen molar-refractivity contribution >= 4 is 0 Å². The summed E-state index contributed by atoms with van der Waals surface area (Å²) in [4.78, 5) is 6.96. The van der Waals surface area contributed by atoms with Gasteiger partial charge in [-0.1, -0.05) is 17.3 Å². The molecule has 2 unspecified atom stereocenters. The van der Waals surface area contributed by atoms with Gasteiger partial charge in [0.15, 0.2) is 5.82 Å². The van der Waals surface area contributed by atoms with Gasteiger partial charge >= 0.3 is 0 Å². The number of hydrogen-bond acceptors (Lipinski definition) is 4. The minimum absolute atomic E-state index is 0.190. The van der Waals surface area contributed by atoms with E-state index in [0.717, 1.165) is 18.7 Å². The molecule has 4 nitrogen and oxygen atoms in total. The Morgan fingerprint density at radius 2 is 2.00 bits per heavy atom. The van der Waals surface area contributed by atoms with E-state index in [1.807, 2.05) is 19.1 Å². The highest BCUT2D eigenvalue weighted by atomic mass is 19.1. The Kier molecular flexibility index (Phi) is 3.26. The summed E-state index contributed by atoms with van der Waals surface area (Å²) in [5.41, 5.74) is 1.17. The zero-order valence-corrected chi connectivity index (χ0v) is 12.9. The number of likely N-dealkylation sites (N-methyl/N-ethyl adjacent to an activating group) is 1. The third-order valence-electron chi connectivity index (χ3n) is 5.40. The molecule has 0 amide bonds. The van der Waals surface area contributed by atoms with Gasteiger partial charge in [-0.15, -0.1) is 0 Å². The smallest absolute Gasteiger partial charge is 0.231 e. The Hall–Kier alpha value is -1.75. The number of aromatic nitrogens is 2. The average molecular weight is 301 g/mol. The lowest BCUT2D eigenvalue weighted by molar-refractivity contribution is 0.120. The summed E-state index contributed by atoms with van der Waals surface area (Å²) in [7, 11) is 2.19. The second-order valence-electron chi connectivity index (χ2n) is 6.56. The first-order chi connectivity index (χ1) is 10.6. The first-order valence-corrected chi connectivity index (χ1v) is 7.91. The van der Waals surface area contributed by atoms with Crippen molar-refractivity contribution in [3.8, 4) is 0 Å². The molecule has 2 saturated heterocycles. The molecule has 1 aromatic heterocycles. The number of fused-ring (bicyclic) bond motifs is 2. The molecular weight excluding hydrogens is 281 g/mol. The largest absolute Gasteiger partial charge is 0.339 e. The molecule has 5 heteroatoms. The molecule has 1 aromatic carbocycles. The van der Waals surface area contributed by atoms with Crippen molar-refractivity contribution in [2.24, 2.45) is 0 Å². The standard InChI is InChI=1S/C17H20FN3O/c1-10-19-17(22-20-10)16-14(11-3-5-12(18)6-4-11)9-13-7-8-15(16)21(13)2/h3-6,13-16H,7-9H2,1-2H3/t13-,14-,15?,16?/m1/s1. The lowest BCUT2D eigenvalue weighted by Crippen LogP contribution is -2.44. The van der Waals surface area contributed by atoms with Crippen LogP contribution in [0.25, 0.3) is 0 Å². The molecule has 0 saturated carbocycles. The van der Waals surface area contributed by atoms with Crippen molar-refractivity contribution in [1.29, 1.82) is 0 Å². The third-order valence-corrected chi connectivity index (χ3v) is 5.40. The van der Waals surface area contributed by atoms with E-state index in [0.29, 0.717) is 23.8 Å². The maximum atomic E-state index is 13.3. The molecular formula is C17H20FN3O. The third kappa shape index (κ3) is 2.15. The van der Waals surface area contributed by atoms with Crippen molar-refractivity contribution in [1.82, 2.24) is 15.0 Å². The number of hydrogen-bond donors (Lipinski definition) is 0. The predicted octanol–water partition coefficient (Wildman–Crippen LogP) is 3.25. The molecule has 0 spiro atoms. The molecule has 2 bridgehead atoms. The number of aryl methyl sites for hydroxylation is 1. The summed E-state index contributed by atoms with van der Waals surface area (Å²) in [5.74, 6) is 1.72. The van der Waals surface area contributed by atoms with E-state index in [-0.39, 0.29) is 11.7 Å². The maximum Gasteiger partial charge on any atom is 0.231 e. The van der Waals surface area contributed by atoms with E-state index in [9.17, 15) is 4.39 Å². The molecule has 2 fully saturated rings. The monoisotopic (exact) mass is 301 g/mol. The quantitative estimate of drug-likeness (QED) is 0.854. The van der Waals surface area contributed by atoms with Crippen LogP contribution in [0.5, 0.6) is 0 Å². The predicted molar refractivity (Wildman–Crippen MR) is 80.1 cm³/mol. The summed E-state index contributed by atoms with van der Waals surface area (Å²) in [5, 5.41) is 3.98. The van der Waals surface area contributed by atoms with Gasteiger partial charge in [0.2, 0.25) is 5.89 Å². The van der Waals surface area contributed by atoms with E-state index in [1.54, 1.807) is 12.1 Å². The zero-order valence-electron chi connectivity index (χ0n) is 12.9. The molecule has 2 aromatic rings. The van der Waals surface area contributed by atoms with Crippen LogP contribution in [-0.2, 0) is 0 Å². The van der Waals surface area contributed by atoms with E-state index in [4.69, 9.17) is 4.52 Å². The van der Waals surface area contributed by atoms with Crippen LogP contribution in [0.2, 0.25) is 0 Å². The lowest BCUT2D eigenvalue weighted by Gasteiger charge is -2.41. The number of halogens is 1. The summed E-state index contributed by atoms with van der Waals surface area (Å²) >= 11 is 0. The Balaban J connectivity index is 1.76. The number of benzene rings is 1. The van der Waals surface area contributed by atoms with Crippen LogP contribution in [-0.4, -0.2) is 34.2 Å². The van der Waals surface area contributed by atoms with Crippen molar-refractivity contribution < 1.29 is 8.91 Å². The molecule has 116 valence electrons. The van der Waals surface area contributed by atoms with Crippen LogP contribution >= 0.6 is 0 Å². The Labute approximate surface area is 129 Å². The fourth-order valence-electron chi connectivity index (χ4n) is 4.30. The van der Waals surface area contributed by atoms with Crippen LogP contribution in [0.1, 0.15) is 48.4 Å². The van der Waals surface area contributed by atoms with Crippen LogP contribution in [0.4, 0.5) is 4.39 Å². The Morgan fingerprint density at radius 1 is 1.23 bits per heavy atom. The molecule has 2 aliphatic heterocycles. The topological polar surface area (TPSA) is 42.2 Å². The van der Waals surface area contributed by atoms with Gasteiger partial charge in [-0.05, 0) is 56.8 Å². The summed E-state index contributed by atoms with van der Waals surface area (Å²) in [6.45, 7) is 1.85. The van der Waals surface area contributed by atoms with Crippen molar-refractivity contribution in [2.75, 3.05) is 7.05 Å². The average Bonchev–Trinajstić information content (AvgIpc) is 3.02. The zero-order chi connectivity index (χ0) is 15.3. The summed E-state index contributed by atoms with van der Waals surface area (Å²) in [6, 6.07) is 7.92. The fourth-order valence-corrected chi connectivity index (χ4v) is 4.30. The van der Waals surface area contributed by atoms with Crippen LogP contribution in [0.3, 0.4) is 0 Å². The SMILES string of the molecule is Cc1noc(C2C3CC[C@H](C[C@@H]2c2ccc(F)cc2)N3C)n1. The highest BCUT2D eigenvalue weighted by Crippen LogP contribution is 2.50. The molecule has 2 aliphatic rings. The highest BCUT2D eigenvalue weighted by Gasteiger charge is 2.48. The van der Waals surface area contributed by atoms with E-state index in [1.165, 1.54) is 12.0 Å². The minimum atomic E-state index is -0.190. The Morgan fingerprint density at radius 3 is 2.68 bits per heavy atom. The number of piperidine rings is 1. The van der Waals surface area contributed by atoms with Gasteiger partial charge in [-0.3, -0.25) is 4.90 Å². The second kappa shape index (κ2) is 5.16. The number of rotatable bonds is 2. The Bertz CT molecular complexity index is 669. The van der Waals surface area contributed by atoms with Gasteiger partial charge in [-0.25, -0.2) is 4.39 Å². The van der Waals surface area contributed by atoms with Crippen LogP contribution in [0.15, 0.2) is 28.8 Å². The molecule has 4 rings (SSSR count). The van der Waals surface area contributed by atoms with Gasteiger partial charge in [-0.2, -0.15) is 4.98 Å². The fraction of sp³-hybridized carbons (Fsp3) is 0.529. The van der Waals surface area contributed by atoms with E-state index in [2.05, 4.69) is 22.1 Å². The second-order valence-corrected chi connectivity index (χ2v) is 6.56. The van der Waals surface area contributed by atoms with Crippen molar-refractivity contribution in [2.45, 2.75) is 50.1 Å². The van der Waals surface area contributed by atoms with Crippen molar-refractivity contribution in [3.05, 3.63) is 47.4 Å². The maximum absolute atomic E-state index is 13.3. The first-order valence-electron chi connectivity index (χ1n) is 7.91. The van der Waals surface area contributed by atoms with Crippen LogP contribution in [0, 0.1) is 12.7 Å². The van der Waals surface area contributed by atoms with Crippen LogP contribution < -0.4 is 0 Å².